The van der Waals surface area contributed by atoms with E-state index in [2.05, 4.69) is 10.3 Å². The van der Waals surface area contributed by atoms with Crippen LogP contribution in [0.25, 0.3) is 0 Å². The van der Waals surface area contributed by atoms with Gasteiger partial charge in [-0.1, -0.05) is 6.42 Å². The molecule has 2 heterocycles. The van der Waals surface area contributed by atoms with Crippen molar-refractivity contribution in [2.24, 2.45) is 0 Å². The van der Waals surface area contributed by atoms with Crippen molar-refractivity contribution in [2.75, 3.05) is 6.54 Å². The lowest BCUT2D eigenvalue weighted by atomic mass is 10.0. The van der Waals surface area contributed by atoms with Gasteiger partial charge in [-0.25, -0.2) is 4.98 Å². The van der Waals surface area contributed by atoms with Gasteiger partial charge in [0.1, 0.15) is 5.69 Å². The fourth-order valence-electron chi connectivity index (χ4n) is 1.92. The predicted molar refractivity (Wildman–Crippen MR) is 61.0 cm³/mol. The minimum atomic E-state index is -2.81. The van der Waals surface area contributed by atoms with Crippen molar-refractivity contribution in [1.82, 2.24) is 10.3 Å². The number of nitrogens with zero attached hydrogens (tertiary/aromatic N) is 1. The van der Waals surface area contributed by atoms with E-state index in [1.54, 1.807) is 0 Å². The molecule has 0 spiro atoms. The molecule has 0 aliphatic carbocycles. The third kappa shape index (κ3) is 2.98. The van der Waals surface area contributed by atoms with Gasteiger partial charge in [-0.05, 0) is 19.4 Å². The molecule has 0 amide bonds. The highest BCUT2D eigenvalue weighted by Crippen LogP contribution is 2.28. The van der Waals surface area contributed by atoms with E-state index in [-0.39, 0.29) is 5.69 Å². The van der Waals surface area contributed by atoms with Crippen LogP contribution in [0.2, 0.25) is 0 Å². The van der Waals surface area contributed by atoms with Crippen LogP contribution in [0.5, 0.6) is 0 Å². The van der Waals surface area contributed by atoms with Gasteiger partial charge < -0.3 is 5.32 Å². The molecule has 1 aromatic rings. The summed E-state index contributed by atoms with van der Waals surface area (Å²) >= 11 is 1.34. The van der Waals surface area contributed by atoms with Crippen molar-refractivity contribution < 1.29 is 8.78 Å². The quantitative estimate of drug-likeness (QED) is 0.887. The number of halogens is 2. The van der Waals surface area contributed by atoms with Crippen LogP contribution in [0.4, 0.5) is 8.78 Å². The first-order chi connectivity index (χ1) is 7.55. The lowest BCUT2D eigenvalue weighted by molar-refractivity contribution is 0.0132. The second kappa shape index (κ2) is 4.75. The standard InChI is InChI=1S/C11H16F2N2S/c1-11(12,13)9-7-16-10(15-9)6-8-4-2-3-5-14-8/h7-8,14H,2-6H2,1H3. The summed E-state index contributed by atoms with van der Waals surface area (Å²) in [6.45, 7) is 1.93. The molecule has 0 radical (unpaired) electrons. The normalized spacial score (nSPS) is 22.3. The number of alkyl halides is 2. The second-order valence-electron chi connectivity index (χ2n) is 4.37. The second-order valence-corrected chi connectivity index (χ2v) is 5.31. The number of aromatic nitrogens is 1. The maximum atomic E-state index is 13.0. The van der Waals surface area contributed by atoms with E-state index in [4.69, 9.17) is 0 Å². The minimum absolute atomic E-state index is 0.0942. The minimum Gasteiger partial charge on any atom is -0.314 e. The molecule has 1 fully saturated rings. The van der Waals surface area contributed by atoms with E-state index >= 15 is 0 Å². The van der Waals surface area contributed by atoms with Crippen LogP contribution < -0.4 is 5.32 Å². The number of piperidine rings is 1. The molecule has 1 aromatic heterocycles. The number of hydrogen-bond acceptors (Lipinski definition) is 3. The molecule has 1 aliphatic rings. The predicted octanol–water partition coefficient (Wildman–Crippen LogP) is 2.94. The number of thiazole rings is 1. The number of nitrogens with one attached hydrogen (secondary N) is 1. The largest absolute Gasteiger partial charge is 0.314 e. The summed E-state index contributed by atoms with van der Waals surface area (Å²) in [5, 5.41) is 5.68. The molecule has 0 bridgehead atoms. The Morgan fingerprint density at radius 2 is 2.38 bits per heavy atom. The van der Waals surface area contributed by atoms with Gasteiger partial charge in [0, 0.05) is 24.8 Å². The molecule has 1 atom stereocenters. The summed E-state index contributed by atoms with van der Waals surface area (Å²) < 4.78 is 25.9. The van der Waals surface area contributed by atoms with Crippen LogP contribution in [0.1, 0.15) is 36.9 Å². The maximum Gasteiger partial charge on any atom is 0.287 e. The Morgan fingerprint density at radius 1 is 1.56 bits per heavy atom. The summed E-state index contributed by atoms with van der Waals surface area (Å²) in [4.78, 5) is 4.00. The van der Waals surface area contributed by atoms with Crippen LogP contribution in [0, 0.1) is 0 Å². The average Bonchev–Trinajstić information content (AvgIpc) is 2.67. The van der Waals surface area contributed by atoms with Crippen molar-refractivity contribution in [3.05, 3.63) is 16.1 Å². The first-order valence-corrected chi connectivity index (χ1v) is 6.50. The Bertz CT molecular complexity index is 340. The summed E-state index contributed by atoms with van der Waals surface area (Å²) in [6, 6.07) is 0.415. The topological polar surface area (TPSA) is 24.9 Å². The summed E-state index contributed by atoms with van der Waals surface area (Å²) in [7, 11) is 0. The van der Waals surface area contributed by atoms with Crippen molar-refractivity contribution in [1.29, 1.82) is 0 Å². The Kier molecular flexibility index (Phi) is 3.54. The number of rotatable bonds is 3. The van der Waals surface area contributed by atoms with Crippen LogP contribution in [-0.4, -0.2) is 17.6 Å². The highest BCUT2D eigenvalue weighted by Gasteiger charge is 2.28. The smallest absolute Gasteiger partial charge is 0.287 e. The molecule has 1 unspecified atom stereocenters. The van der Waals surface area contributed by atoms with Crippen molar-refractivity contribution in [3.63, 3.8) is 0 Å². The van der Waals surface area contributed by atoms with E-state index < -0.39 is 5.92 Å². The van der Waals surface area contributed by atoms with Gasteiger partial charge in [0.2, 0.25) is 0 Å². The fraction of sp³-hybridized carbons (Fsp3) is 0.727. The van der Waals surface area contributed by atoms with Gasteiger partial charge in [0.25, 0.3) is 5.92 Å². The lowest BCUT2D eigenvalue weighted by Gasteiger charge is -2.22. The first-order valence-electron chi connectivity index (χ1n) is 5.62. The van der Waals surface area contributed by atoms with Gasteiger partial charge in [0.15, 0.2) is 0 Å². The zero-order chi connectivity index (χ0) is 11.6. The molecule has 1 saturated heterocycles. The fourth-order valence-corrected chi connectivity index (χ4v) is 2.87. The Balaban J connectivity index is 1.97. The molecular formula is C11H16F2N2S. The zero-order valence-corrected chi connectivity index (χ0v) is 10.1. The van der Waals surface area contributed by atoms with E-state index in [0.717, 1.165) is 31.3 Å². The van der Waals surface area contributed by atoms with Gasteiger partial charge >= 0.3 is 0 Å². The van der Waals surface area contributed by atoms with Gasteiger partial charge in [-0.3, -0.25) is 0 Å². The molecule has 16 heavy (non-hydrogen) atoms. The third-order valence-electron chi connectivity index (χ3n) is 2.83. The molecule has 90 valence electrons. The molecule has 1 N–H and O–H groups in total. The van der Waals surface area contributed by atoms with Crippen LogP contribution >= 0.6 is 11.3 Å². The van der Waals surface area contributed by atoms with Gasteiger partial charge in [-0.2, -0.15) is 8.78 Å². The first kappa shape index (κ1) is 11.9. The van der Waals surface area contributed by atoms with Crippen molar-refractivity contribution in [2.45, 2.75) is 44.6 Å². The SMILES string of the molecule is CC(F)(F)c1csc(CC2CCCCN2)n1. The molecule has 5 heteroatoms. The molecule has 0 aromatic carbocycles. The molecule has 1 aliphatic heterocycles. The molecule has 0 saturated carbocycles. The average molecular weight is 246 g/mol. The van der Waals surface area contributed by atoms with E-state index in [1.807, 2.05) is 0 Å². The molecule has 2 nitrogen and oxygen atoms in total. The van der Waals surface area contributed by atoms with Crippen LogP contribution in [0.15, 0.2) is 5.38 Å². The molecule has 2 rings (SSSR count). The summed E-state index contributed by atoms with van der Waals surface area (Å²) in [5.74, 6) is -2.81. The third-order valence-corrected chi connectivity index (χ3v) is 3.71. The highest BCUT2D eigenvalue weighted by atomic mass is 32.1. The summed E-state index contributed by atoms with van der Waals surface area (Å²) in [5.41, 5.74) is -0.0942. The summed E-state index contributed by atoms with van der Waals surface area (Å²) in [6.07, 6.45) is 4.34. The van der Waals surface area contributed by atoms with Gasteiger partial charge in [0.05, 0.1) is 5.01 Å². The van der Waals surface area contributed by atoms with Crippen molar-refractivity contribution in [3.8, 4) is 0 Å². The zero-order valence-electron chi connectivity index (χ0n) is 9.30. The van der Waals surface area contributed by atoms with Crippen molar-refractivity contribution >= 4 is 11.3 Å². The Labute approximate surface area is 98.1 Å². The van der Waals surface area contributed by atoms with E-state index in [9.17, 15) is 8.78 Å². The van der Waals surface area contributed by atoms with Gasteiger partial charge in [-0.15, -0.1) is 11.3 Å². The Hall–Kier alpha value is -0.550. The monoisotopic (exact) mass is 246 g/mol. The van der Waals surface area contributed by atoms with Crippen LogP contribution in [-0.2, 0) is 12.3 Å². The van der Waals surface area contributed by atoms with E-state index in [0.29, 0.717) is 6.04 Å². The maximum absolute atomic E-state index is 13.0. The molecular weight excluding hydrogens is 230 g/mol. The Morgan fingerprint density at radius 3 is 2.94 bits per heavy atom. The van der Waals surface area contributed by atoms with Crippen LogP contribution in [0.3, 0.4) is 0 Å². The lowest BCUT2D eigenvalue weighted by Crippen LogP contribution is -2.35. The number of hydrogen-bond donors (Lipinski definition) is 1. The van der Waals surface area contributed by atoms with E-state index in [1.165, 1.54) is 29.6 Å². The highest BCUT2D eigenvalue weighted by molar-refractivity contribution is 7.09.